The van der Waals surface area contributed by atoms with Crippen molar-refractivity contribution in [3.8, 4) is 0 Å². The molecule has 1 amide bonds. The zero-order valence-electron chi connectivity index (χ0n) is 18.3. The van der Waals surface area contributed by atoms with Crippen molar-refractivity contribution in [1.29, 1.82) is 0 Å². The number of nitrogens with zero attached hydrogens (tertiary/aromatic N) is 2. The Kier molecular flexibility index (Phi) is 6.63. The molecule has 10 nitrogen and oxygen atoms in total. The van der Waals surface area contributed by atoms with Gasteiger partial charge < -0.3 is 14.6 Å². The average molecular weight is 498 g/mol. The molecule has 2 saturated heterocycles. The third-order valence-corrected chi connectivity index (χ3v) is 9.67. The van der Waals surface area contributed by atoms with E-state index in [0.29, 0.717) is 43.5 Å². The van der Waals surface area contributed by atoms with Crippen LogP contribution < -0.4 is 5.56 Å². The molecule has 2 aliphatic heterocycles. The number of pyridine rings is 1. The highest BCUT2D eigenvalue weighted by atomic mass is 32.2. The number of carbonyl (C=O) groups is 1. The molecule has 0 aliphatic carbocycles. The third kappa shape index (κ3) is 4.84. The standard InChI is InChI=1S/C21H27N3O7S2/c1-2-6-24(15-5-11-32(27,28)14-15)21(26)18-13-20(25)22-19-4-3-16(12-17(18)19)33(29,30)23-7-9-31-10-8-23/h3-4,12-13,15H,2,5-11,14H2,1H3,(H,22,25). The van der Waals surface area contributed by atoms with Crippen LogP contribution in [0.15, 0.2) is 34.0 Å². The first-order chi connectivity index (χ1) is 15.6. The molecule has 1 atom stereocenters. The lowest BCUT2D eigenvalue weighted by Crippen LogP contribution is -2.42. The molecule has 2 aromatic rings. The minimum Gasteiger partial charge on any atom is -0.379 e. The molecule has 1 aromatic carbocycles. The van der Waals surface area contributed by atoms with Gasteiger partial charge in [-0.05, 0) is 31.0 Å². The van der Waals surface area contributed by atoms with Gasteiger partial charge >= 0.3 is 0 Å². The van der Waals surface area contributed by atoms with Gasteiger partial charge in [0.25, 0.3) is 5.91 Å². The van der Waals surface area contributed by atoms with E-state index in [0.717, 1.165) is 6.07 Å². The number of benzene rings is 1. The summed E-state index contributed by atoms with van der Waals surface area (Å²) >= 11 is 0. The van der Waals surface area contributed by atoms with Crippen LogP contribution >= 0.6 is 0 Å². The van der Waals surface area contributed by atoms with Crippen LogP contribution in [0.2, 0.25) is 0 Å². The largest absolute Gasteiger partial charge is 0.379 e. The van der Waals surface area contributed by atoms with Gasteiger partial charge in [-0.3, -0.25) is 9.59 Å². The van der Waals surface area contributed by atoms with E-state index in [4.69, 9.17) is 4.74 Å². The number of morpholine rings is 1. The molecule has 0 saturated carbocycles. The highest BCUT2D eigenvalue weighted by molar-refractivity contribution is 7.91. The number of H-pyrrole nitrogens is 1. The van der Waals surface area contributed by atoms with Gasteiger partial charge in [0.1, 0.15) is 0 Å². The average Bonchev–Trinajstić information content (AvgIpc) is 3.15. The van der Waals surface area contributed by atoms with Crippen molar-refractivity contribution in [2.75, 3.05) is 44.4 Å². The fraction of sp³-hybridized carbons (Fsp3) is 0.524. The molecular formula is C21H27N3O7S2. The summed E-state index contributed by atoms with van der Waals surface area (Å²) in [5.74, 6) is -0.573. The van der Waals surface area contributed by atoms with Crippen LogP contribution in [-0.2, 0) is 24.6 Å². The van der Waals surface area contributed by atoms with E-state index in [9.17, 15) is 26.4 Å². The lowest BCUT2D eigenvalue weighted by Gasteiger charge is -2.28. The van der Waals surface area contributed by atoms with E-state index in [-0.39, 0.29) is 35.1 Å². The summed E-state index contributed by atoms with van der Waals surface area (Å²) in [6.45, 7) is 3.29. The molecule has 1 aromatic heterocycles. The third-order valence-electron chi connectivity index (χ3n) is 6.03. The van der Waals surface area contributed by atoms with Gasteiger partial charge in [0.15, 0.2) is 9.84 Å². The maximum Gasteiger partial charge on any atom is 0.255 e. The second kappa shape index (κ2) is 9.16. The van der Waals surface area contributed by atoms with Crippen LogP contribution in [0, 0.1) is 0 Å². The maximum atomic E-state index is 13.6. The van der Waals surface area contributed by atoms with Gasteiger partial charge in [-0.2, -0.15) is 4.31 Å². The predicted molar refractivity (Wildman–Crippen MR) is 123 cm³/mol. The first kappa shape index (κ1) is 23.9. The number of nitrogens with one attached hydrogen (secondary N) is 1. The van der Waals surface area contributed by atoms with Crippen molar-refractivity contribution in [3.05, 3.63) is 40.2 Å². The summed E-state index contributed by atoms with van der Waals surface area (Å²) in [7, 11) is -7.03. The molecule has 33 heavy (non-hydrogen) atoms. The van der Waals surface area contributed by atoms with Crippen LogP contribution in [0.4, 0.5) is 0 Å². The highest BCUT2D eigenvalue weighted by Gasteiger charge is 2.35. The van der Waals surface area contributed by atoms with Crippen molar-refractivity contribution in [3.63, 3.8) is 0 Å². The number of sulfone groups is 1. The van der Waals surface area contributed by atoms with Gasteiger partial charge in [0.05, 0.1) is 35.2 Å². The number of rotatable bonds is 6. The van der Waals surface area contributed by atoms with Crippen molar-refractivity contribution in [2.45, 2.75) is 30.7 Å². The Morgan fingerprint density at radius 3 is 2.61 bits per heavy atom. The van der Waals surface area contributed by atoms with Gasteiger partial charge in [0, 0.05) is 42.6 Å². The Hall–Kier alpha value is -2.28. The van der Waals surface area contributed by atoms with Gasteiger partial charge in [-0.1, -0.05) is 6.92 Å². The molecule has 0 bridgehead atoms. The molecule has 180 valence electrons. The number of ether oxygens (including phenoxy) is 1. The Balaban J connectivity index is 1.78. The first-order valence-electron chi connectivity index (χ1n) is 10.9. The highest BCUT2D eigenvalue weighted by Crippen LogP contribution is 2.26. The lowest BCUT2D eigenvalue weighted by molar-refractivity contribution is 0.0699. The predicted octanol–water partition coefficient (Wildman–Crippen LogP) is 0.588. The molecule has 2 fully saturated rings. The number of hydrogen-bond acceptors (Lipinski definition) is 7. The smallest absolute Gasteiger partial charge is 0.255 e. The minimum atomic E-state index is -3.81. The molecule has 4 rings (SSSR count). The van der Waals surface area contributed by atoms with Gasteiger partial charge in [-0.15, -0.1) is 0 Å². The van der Waals surface area contributed by atoms with Gasteiger partial charge in [-0.25, -0.2) is 16.8 Å². The fourth-order valence-corrected chi connectivity index (χ4v) is 7.54. The van der Waals surface area contributed by atoms with Crippen LogP contribution in [-0.4, -0.2) is 87.3 Å². The number of amides is 1. The summed E-state index contributed by atoms with van der Waals surface area (Å²) in [5, 5.41) is 0.302. The van der Waals surface area contributed by atoms with Crippen LogP contribution in [0.25, 0.3) is 10.9 Å². The quantitative estimate of drug-likeness (QED) is 0.617. The van der Waals surface area contributed by atoms with E-state index in [1.54, 1.807) is 0 Å². The summed E-state index contributed by atoms with van der Waals surface area (Å²) in [4.78, 5) is 30.0. The number of fused-ring (bicyclic) bond motifs is 1. The summed E-state index contributed by atoms with van der Waals surface area (Å²) in [6, 6.07) is 4.97. The van der Waals surface area contributed by atoms with Crippen LogP contribution in [0.5, 0.6) is 0 Å². The second-order valence-corrected chi connectivity index (χ2v) is 12.5. The molecule has 1 N–H and O–H groups in total. The number of aromatic amines is 1. The Bertz CT molecular complexity index is 1330. The molecule has 12 heteroatoms. The fourth-order valence-electron chi connectivity index (χ4n) is 4.37. The minimum absolute atomic E-state index is 0.0171. The van der Waals surface area contributed by atoms with E-state index >= 15 is 0 Å². The monoisotopic (exact) mass is 497 g/mol. The van der Waals surface area contributed by atoms with Gasteiger partial charge in [0.2, 0.25) is 15.6 Å². The Morgan fingerprint density at radius 2 is 1.97 bits per heavy atom. The second-order valence-electron chi connectivity index (χ2n) is 8.33. The zero-order valence-corrected chi connectivity index (χ0v) is 20.0. The molecule has 3 heterocycles. The molecule has 1 unspecified atom stereocenters. The topological polar surface area (TPSA) is 134 Å². The van der Waals surface area contributed by atoms with Crippen LogP contribution in [0.3, 0.4) is 0 Å². The number of hydrogen-bond donors (Lipinski definition) is 1. The molecule has 0 spiro atoms. The van der Waals surface area contributed by atoms with Crippen molar-refractivity contribution in [2.24, 2.45) is 0 Å². The maximum absolute atomic E-state index is 13.6. The van der Waals surface area contributed by atoms with Crippen LogP contribution in [0.1, 0.15) is 30.1 Å². The Morgan fingerprint density at radius 1 is 1.24 bits per heavy atom. The first-order valence-corrected chi connectivity index (χ1v) is 14.1. The van der Waals surface area contributed by atoms with Crippen molar-refractivity contribution < 1.29 is 26.4 Å². The lowest BCUT2D eigenvalue weighted by atomic mass is 10.1. The van der Waals surface area contributed by atoms with E-state index in [1.165, 1.54) is 27.4 Å². The summed E-state index contributed by atoms with van der Waals surface area (Å²) < 4.78 is 56.8. The SMILES string of the molecule is CCCN(C(=O)c1cc(=O)[nH]c2ccc(S(=O)(=O)N3CCOCC3)cc12)C1CCS(=O)(=O)C1. The molecule has 2 aliphatic rings. The van der Waals surface area contributed by atoms with E-state index in [2.05, 4.69) is 4.98 Å². The number of carbonyl (C=O) groups excluding carboxylic acids is 1. The van der Waals surface area contributed by atoms with Crippen molar-refractivity contribution in [1.82, 2.24) is 14.2 Å². The Labute approximate surface area is 192 Å². The molecular weight excluding hydrogens is 470 g/mol. The number of aromatic nitrogens is 1. The summed E-state index contributed by atoms with van der Waals surface area (Å²) in [5.41, 5.74) is -0.0991. The number of sulfonamides is 1. The summed E-state index contributed by atoms with van der Waals surface area (Å²) in [6.07, 6.45) is 0.950. The normalized spacial score (nSPS) is 21.3. The zero-order chi connectivity index (χ0) is 23.8. The van der Waals surface area contributed by atoms with E-state index in [1.807, 2.05) is 6.92 Å². The van der Waals surface area contributed by atoms with Crippen molar-refractivity contribution >= 4 is 36.7 Å². The van der Waals surface area contributed by atoms with E-state index < -0.39 is 37.4 Å². The molecule has 0 radical (unpaired) electrons.